The molecule has 0 aliphatic heterocycles. The maximum Gasteiger partial charge on any atom is 0.226 e. The molecule has 0 aliphatic rings. The zero-order valence-corrected chi connectivity index (χ0v) is 13.0. The first-order chi connectivity index (χ1) is 10.5. The fourth-order valence-corrected chi connectivity index (χ4v) is 2.15. The van der Waals surface area contributed by atoms with Gasteiger partial charge in [0.15, 0.2) is 5.82 Å². The highest BCUT2D eigenvalue weighted by molar-refractivity contribution is 5.89. The number of halogens is 1. The average Bonchev–Trinajstić information content (AvgIpc) is 2.89. The number of carbonyl (C=O) groups excluding carboxylic acids is 1. The van der Waals surface area contributed by atoms with E-state index >= 15 is 0 Å². The smallest absolute Gasteiger partial charge is 0.226 e. The molecule has 1 N–H and O–H groups in total. The molecule has 0 fully saturated rings. The van der Waals surface area contributed by atoms with E-state index in [-0.39, 0.29) is 17.8 Å². The first-order valence-corrected chi connectivity index (χ1v) is 7.15. The first-order valence-electron chi connectivity index (χ1n) is 7.15. The van der Waals surface area contributed by atoms with Gasteiger partial charge in [0.05, 0.1) is 0 Å². The summed E-state index contributed by atoms with van der Waals surface area (Å²) in [6.07, 6.45) is 0.293. The molecule has 0 spiro atoms. The number of rotatable bonds is 6. The molecule has 6 heteroatoms. The number of nitrogens with one attached hydrogen (secondary N) is 1. The lowest BCUT2D eigenvalue weighted by Crippen LogP contribution is -2.27. The van der Waals surface area contributed by atoms with Crippen molar-refractivity contribution in [2.75, 3.05) is 18.9 Å². The van der Waals surface area contributed by atoms with Gasteiger partial charge in [-0.1, -0.05) is 23.4 Å². The standard InChI is InChI=1S/C16H20FN3O2/c1-11-10-15(19-22-11)18-16(21)8-9-20(3)12(2)13-6-4-5-7-14(13)17/h4-7,10,12H,8-9H2,1-3H3,(H,18,19,21). The number of nitrogens with zero attached hydrogens (tertiary/aromatic N) is 2. The van der Waals surface area contributed by atoms with Gasteiger partial charge in [0.25, 0.3) is 0 Å². The van der Waals surface area contributed by atoms with E-state index in [2.05, 4.69) is 10.5 Å². The van der Waals surface area contributed by atoms with E-state index in [4.69, 9.17) is 4.52 Å². The predicted octanol–water partition coefficient (Wildman–Crippen LogP) is 3.14. The Balaban J connectivity index is 1.85. The second-order valence-corrected chi connectivity index (χ2v) is 5.30. The van der Waals surface area contributed by atoms with E-state index in [1.807, 2.05) is 24.9 Å². The fourth-order valence-electron chi connectivity index (χ4n) is 2.15. The van der Waals surface area contributed by atoms with Crippen LogP contribution in [0.5, 0.6) is 0 Å². The Bertz CT molecular complexity index is 642. The van der Waals surface area contributed by atoms with Crippen molar-refractivity contribution in [3.63, 3.8) is 0 Å². The van der Waals surface area contributed by atoms with Crippen LogP contribution in [0.4, 0.5) is 10.2 Å². The molecule has 1 unspecified atom stereocenters. The number of carbonyl (C=O) groups is 1. The predicted molar refractivity (Wildman–Crippen MR) is 81.9 cm³/mol. The summed E-state index contributed by atoms with van der Waals surface area (Å²) in [7, 11) is 1.87. The number of anilines is 1. The Hall–Kier alpha value is -2.21. The molecule has 5 nitrogen and oxygen atoms in total. The van der Waals surface area contributed by atoms with E-state index in [9.17, 15) is 9.18 Å². The third-order valence-corrected chi connectivity index (χ3v) is 3.60. The maximum atomic E-state index is 13.8. The Labute approximate surface area is 129 Å². The van der Waals surface area contributed by atoms with Crippen LogP contribution in [0.15, 0.2) is 34.9 Å². The van der Waals surface area contributed by atoms with Crippen molar-refractivity contribution in [1.82, 2.24) is 10.1 Å². The van der Waals surface area contributed by atoms with Gasteiger partial charge in [-0.05, 0) is 27.0 Å². The zero-order chi connectivity index (χ0) is 16.1. The lowest BCUT2D eigenvalue weighted by Gasteiger charge is -2.25. The van der Waals surface area contributed by atoms with Crippen LogP contribution in [-0.2, 0) is 4.79 Å². The summed E-state index contributed by atoms with van der Waals surface area (Å²) in [5, 5.41) is 6.37. The zero-order valence-electron chi connectivity index (χ0n) is 13.0. The van der Waals surface area contributed by atoms with Crippen molar-refractivity contribution in [2.45, 2.75) is 26.3 Å². The summed E-state index contributed by atoms with van der Waals surface area (Å²) in [6, 6.07) is 8.22. The van der Waals surface area contributed by atoms with Gasteiger partial charge < -0.3 is 9.84 Å². The van der Waals surface area contributed by atoms with Crippen molar-refractivity contribution in [2.24, 2.45) is 0 Å². The van der Waals surface area contributed by atoms with Crippen LogP contribution < -0.4 is 5.32 Å². The topological polar surface area (TPSA) is 58.4 Å². The number of benzene rings is 1. The minimum absolute atomic E-state index is 0.108. The molecule has 2 rings (SSSR count). The van der Waals surface area contributed by atoms with Gasteiger partial charge in [-0.25, -0.2) is 4.39 Å². The third-order valence-electron chi connectivity index (χ3n) is 3.60. The van der Waals surface area contributed by atoms with Crippen LogP contribution in [0.1, 0.15) is 30.7 Å². The second-order valence-electron chi connectivity index (χ2n) is 5.30. The monoisotopic (exact) mass is 305 g/mol. The summed E-state index contributed by atoms with van der Waals surface area (Å²) in [5.74, 6) is 0.665. The summed E-state index contributed by atoms with van der Waals surface area (Å²) < 4.78 is 18.6. The first kappa shape index (κ1) is 16.2. The van der Waals surface area contributed by atoms with E-state index < -0.39 is 0 Å². The SMILES string of the molecule is Cc1cc(NC(=O)CCN(C)C(C)c2ccccc2F)no1. The van der Waals surface area contributed by atoms with Gasteiger partial charge in [0, 0.05) is 30.6 Å². The van der Waals surface area contributed by atoms with E-state index in [1.165, 1.54) is 6.07 Å². The molecular weight excluding hydrogens is 285 g/mol. The molecule has 1 heterocycles. The number of aryl methyl sites for hydroxylation is 1. The molecule has 0 saturated heterocycles. The van der Waals surface area contributed by atoms with E-state index in [1.54, 1.807) is 25.1 Å². The van der Waals surface area contributed by atoms with Crippen LogP contribution in [-0.4, -0.2) is 29.6 Å². The van der Waals surface area contributed by atoms with Crippen molar-refractivity contribution in [1.29, 1.82) is 0 Å². The Morgan fingerprint density at radius 2 is 2.18 bits per heavy atom. The van der Waals surface area contributed by atoms with Crippen molar-refractivity contribution >= 4 is 11.7 Å². The van der Waals surface area contributed by atoms with Gasteiger partial charge in [0.2, 0.25) is 5.91 Å². The number of aromatic nitrogens is 1. The molecule has 1 amide bonds. The summed E-state index contributed by atoms with van der Waals surface area (Å²) in [6.45, 7) is 4.18. The van der Waals surface area contributed by atoms with Crippen LogP contribution in [0.2, 0.25) is 0 Å². The van der Waals surface area contributed by atoms with Gasteiger partial charge in [0.1, 0.15) is 11.6 Å². The van der Waals surface area contributed by atoms with E-state index in [0.29, 0.717) is 30.1 Å². The molecule has 0 radical (unpaired) electrons. The molecule has 0 saturated carbocycles. The Morgan fingerprint density at radius 1 is 1.45 bits per heavy atom. The highest BCUT2D eigenvalue weighted by Crippen LogP contribution is 2.21. The third kappa shape index (κ3) is 4.14. The molecule has 2 aromatic rings. The molecule has 0 bridgehead atoms. The van der Waals surface area contributed by atoms with Crippen LogP contribution in [0.25, 0.3) is 0 Å². The molecule has 1 atom stereocenters. The Morgan fingerprint density at radius 3 is 2.82 bits per heavy atom. The minimum Gasteiger partial charge on any atom is -0.360 e. The van der Waals surface area contributed by atoms with Crippen LogP contribution in [0, 0.1) is 12.7 Å². The average molecular weight is 305 g/mol. The van der Waals surface area contributed by atoms with Gasteiger partial charge in [-0.3, -0.25) is 9.69 Å². The van der Waals surface area contributed by atoms with Gasteiger partial charge in [-0.15, -0.1) is 0 Å². The van der Waals surface area contributed by atoms with Crippen LogP contribution >= 0.6 is 0 Å². The summed E-state index contributed by atoms with van der Waals surface area (Å²) in [4.78, 5) is 13.8. The normalized spacial score (nSPS) is 12.4. The minimum atomic E-state index is -0.232. The highest BCUT2D eigenvalue weighted by atomic mass is 19.1. The van der Waals surface area contributed by atoms with Crippen LogP contribution in [0.3, 0.4) is 0 Å². The number of hydrogen-bond acceptors (Lipinski definition) is 4. The quantitative estimate of drug-likeness (QED) is 0.890. The largest absolute Gasteiger partial charge is 0.360 e. The molecule has 1 aromatic heterocycles. The number of amides is 1. The summed E-state index contributed by atoms with van der Waals surface area (Å²) >= 11 is 0. The summed E-state index contributed by atoms with van der Waals surface area (Å²) in [5.41, 5.74) is 0.623. The molecular formula is C16H20FN3O2. The number of hydrogen-bond donors (Lipinski definition) is 1. The lowest BCUT2D eigenvalue weighted by atomic mass is 10.1. The van der Waals surface area contributed by atoms with Gasteiger partial charge in [-0.2, -0.15) is 0 Å². The maximum absolute atomic E-state index is 13.8. The van der Waals surface area contributed by atoms with Crippen molar-refractivity contribution in [3.05, 3.63) is 47.5 Å². The van der Waals surface area contributed by atoms with E-state index in [0.717, 1.165) is 0 Å². The molecule has 1 aromatic carbocycles. The molecule has 118 valence electrons. The second kappa shape index (κ2) is 7.17. The molecule has 0 aliphatic carbocycles. The Kier molecular flexibility index (Phi) is 5.27. The molecule has 22 heavy (non-hydrogen) atoms. The lowest BCUT2D eigenvalue weighted by molar-refractivity contribution is -0.116. The van der Waals surface area contributed by atoms with Crippen molar-refractivity contribution in [3.8, 4) is 0 Å². The van der Waals surface area contributed by atoms with Crippen molar-refractivity contribution < 1.29 is 13.7 Å². The fraction of sp³-hybridized carbons (Fsp3) is 0.375. The highest BCUT2D eigenvalue weighted by Gasteiger charge is 2.16. The van der Waals surface area contributed by atoms with Gasteiger partial charge >= 0.3 is 0 Å².